The van der Waals surface area contributed by atoms with E-state index in [4.69, 9.17) is 0 Å². The van der Waals surface area contributed by atoms with Crippen molar-refractivity contribution in [1.82, 2.24) is 9.55 Å². The average Bonchev–Trinajstić information content (AvgIpc) is 3.47. The van der Waals surface area contributed by atoms with Crippen molar-refractivity contribution in [2.75, 3.05) is 0 Å². The molecule has 3 nitrogen and oxygen atoms in total. The monoisotopic (exact) mass is 808 g/mol. The van der Waals surface area contributed by atoms with Crippen molar-refractivity contribution in [3.63, 3.8) is 0 Å². The van der Waals surface area contributed by atoms with Crippen LogP contribution < -0.4 is 4.57 Å². The zero-order valence-electron chi connectivity index (χ0n) is 29.4. The van der Waals surface area contributed by atoms with Crippen LogP contribution in [0.15, 0.2) is 97.2 Å². The standard InChI is InChI=1S/C33H37N2.C11H8N.Ir/c1-21(2)22-12-14-23(15-13-22)34-20-35-29-19-26-25(31(3,4)16-17-32(26,5)6)18-27(29)33(7,8)24-10-9-11-28(34)30(24)35;1-2-6-10(7-3-1)11-8-4-5-9-12-11;/h9-15,18,21H,16-17H2,1-8H3;1-6,8-9H;/q2*-1;+3. The molecule has 0 saturated carbocycles. The molecular formula is C44H45IrN3+. The van der Waals surface area contributed by atoms with Crippen molar-refractivity contribution < 1.29 is 24.7 Å². The van der Waals surface area contributed by atoms with Crippen LogP contribution in [0, 0.1) is 18.5 Å². The molecule has 48 heavy (non-hydrogen) atoms. The Morgan fingerprint density at radius 2 is 1.50 bits per heavy atom. The molecule has 0 saturated heterocycles. The minimum atomic E-state index is -0.112. The molecule has 2 aromatic heterocycles. The van der Waals surface area contributed by atoms with Crippen molar-refractivity contribution in [2.24, 2.45) is 0 Å². The largest absolute Gasteiger partial charge is 3.00 e. The van der Waals surface area contributed by atoms with Crippen LogP contribution in [0.4, 0.5) is 0 Å². The van der Waals surface area contributed by atoms with Gasteiger partial charge in [-0.2, -0.15) is 17.7 Å². The number of nitrogens with zero attached hydrogens (tertiary/aromatic N) is 3. The van der Waals surface area contributed by atoms with E-state index < -0.39 is 0 Å². The summed E-state index contributed by atoms with van der Waals surface area (Å²) in [4.78, 5) is 4.22. The first-order valence-corrected chi connectivity index (χ1v) is 17.0. The fourth-order valence-corrected chi connectivity index (χ4v) is 7.38. The predicted molar refractivity (Wildman–Crippen MR) is 192 cm³/mol. The molecule has 0 fully saturated rings. The van der Waals surface area contributed by atoms with Gasteiger partial charge in [-0.15, -0.1) is 47.0 Å². The van der Waals surface area contributed by atoms with Crippen LogP contribution in [0.3, 0.4) is 0 Å². The van der Waals surface area contributed by atoms with Crippen molar-refractivity contribution >= 4 is 11.0 Å². The minimum absolute atomic E-state index is 0. The predicted octanol–water partition coefficient (Wildman–Crippen LogP) is 10.2. The summed E-state index contributed by atoms with van der Waals surface area (Å²) in [5.74, 6) is 0.522. The van der Waals surface area contributed by atoms with E-state index in [-0.39, 0.29) is 36.4 Å². The number of hydrogen-bond donors (Lipinski definition) is 0. The van der Waals surface area contributed by atoms with Crippen LogP contribution in [0.1, 0.15) is 102 Å². The second-order valence-electron chi connectivity index (χ2n) is 15.4. The summed E-state index contributed by atoms with van der Waals surface area (Å²) in [6.07, 6.45) is 7.94. The average molecular weight is 808 g/mol. The molecule has 3 heterocycles. The third-order valence-electron chi connectivity index (χ3n) is 10.6. The number of aromatic nitrogens is 3. The van der Waals surface area contributed by atoms with E-state index >= 15 is 0 Å². The number of benzene rings is 4. The molecular weight excluding hydrogens is 763 g/mol. The molecule has 244 valence electrons. The number of rotatable bonds is 3. The van der Waals surface area contributed by atoms with Gasteiger partial charge in [0.2, 0.25) is 0 Å². The molecule has 4 heteroatoms. The fourth-order valence-electron chi connectivity index (χ4n) is 7.38. The van der Waals surface area contributed by atoms with Crippen molar-refractivity contribution in [2.45, 2.75) is 90.4 Å². The zero-order chi connectivity index (χ0) is 33.1. The normalized spacial score (nSPS) is 16.3. The van der Waals surface area contributed by atoms with Crippen LogP contribution in [-0.4, -0.2) is 9.55 Å². The van der Waals surface area contributed by atoms with E-state index in [2.05, 4.69) is 136 Å². The third-order valence-corrected chi connectivity index (χ3v) is 10.6. The van der Waals surface area contributed by atoms with Gasteiger partial charge in [0.25, 0.3) is 6.33 Å². The van der Waals surface area contributed by atoms with Gasteiger partial charge in [-0.3, -0.25) is 4.57 Å². The number of imidazole rings is 1. The van der Waals surface area contributed by atoms with Gasteiger partial charge in [0, 0.05) is 6.20 Å². The van der Waals surface area contributed by atoms with E-state index in [1.54, 1.807) is 6.20 Å². The second-order valence-corrected chi connectivity index (χ2v) is 15.4. The molecule has 8 rings (SSSR count). The van der Waals surface area contributed by atoms with Crippen molar-refractivity contribution in [3.05, 3.63) is 143 Å². The van der Waals surface area contributed by atoms with Crippen molar-refractivity contribution in [1.29, 1.82) is 0 Å². The maximum absolute atomic E-state index is 4.22. The summed E-state index contributed by atoms with van der Waals surface area (Å²) >= 11 is 0. The molecule has 0 radical (unpaired) electrons. The molecule has 6 aromatic rings. The fraction of sp³-hybridized carbons (Fsp3) is 0.318. The third kappa shape index (κ3) is 5.78. The Hall–Kier alpha value is -3.85. The van der Waals surface area contributed by atoms with E-state index in [0.29, 0.717) is 5.92 Å². The summed E-state index contributed by atoms with van der Waals surface area (Å²) in [5.41, 5.74) is 13.9. The summed E-state index contributed by atoms with van der Waals surface area (Å²) in [7, 11) is 0. The quantitative estimate of drug-likeness (QED) is 0.129. The molecule has 0 atom stereocenters. The van der Waals surface area contributed by atoms with Gasteiger partial charge in [0.15, 0.2) is 0 Å². The van der Waals surface area contributed by atoms with E-state index in [9.17, 15) is 0 Å². The minimum Gasteiger partial charge on any atom is -0.314 e. The maximum atomic E-state index is 4.22. The van der Waals surface area contributed by atoms with Gasteiger partial charge in [0.1, 0.15) is 0 Å². The summed E-state index contributed by atoms with van der Waals surface area (Å²) in [5, 5.41) is 0. The van der Waals surface area contributed by atoms with Crippen LogP contribution in [0.25, 0.3) is 33.7 Å². The Morgan fingerprint density at radius 3 is 2.17 bits per heavy atom. The molecule has 0 N–H and O–H groups in total. The Bertz CT molecular complexity index is 2030. The molecule has 0 spiro atoms. The smallest absolute Gasteiger partial charge is 0.314 e. The van der Waals surface area contributed by atoms with Crippen molar-refractivity contribution in [3.8, 4) is 22.6 Å². The first-order valence-electron chi connectivity index (χ1n) is 17.0. The number of hydrogen-bond acceptors (Lipinski definition) is 1. The molecule has 0 bridgehead atoms. The Kier molecular flexibility index (Phi) is 8.90. The van der Waals surface area contributed by atoms with Crippen LogP contribution in [0.2, 0.25) is 0 Å². The van der Waals surface area contributed by atoms with Gasteiger partial charge < -0.3 is 9.55 Å². The molecule has 0 amide bonds. The summed E-state index contributed by atoms with van der Waals surface area (Å²) in [6, 6.07) is 39.0. The number of pyridine rings is 1. The summed E-state index contributed by atoms with van der Waals surface area (Å²) in [6.45, 7) is 18.8. The second kappa shape index (κ2) is 12.6. The number of fused-ring (bicyclic) bond motifs is 3. The van der Waals surface area contributed by atoms with E-state index in [1.807, 2.05) is 42.5 Å². The van der Waals surface area contributed by atoms with Gasteiger partial charge in [-0.25, -0.2) is 0 Å². The zero-order valence-corrected chi connectivity index (χ0v) is 31.8. The molecule has 1 aliphatic carbocycles. The van der Waals surface area contributed by atoms with Gasteiger partial charge in [-0.1, -0.05) is 110 Å². The van der Waals surface area contributed by atoms with E-state index in [1.165, 1.54) is 57.4 Å². The Balaban J connectivity index is 0.000000260. The van der Waals surface area contributed by atoms with E-state index in [0.717, 1.165) is 16.9 Å². The Morgan fingerprint density at radius 1 is 0.771 bits per heavy atom. The molecule has 0 unspecified atom stereocenters. The molecule has 4 aromatic carbocycles. The maximum Gasteiger partial charge on any atom is 3.00 e. The SMILES string of the molecule is CC(C)c1ccc(-n2[c-][n+]3c4c(cccc42)C(C)(C)c2cc4c([c-]c2-3)C(C)(C)CCC4(C)C)cc1.[Ir+3].[c-]1ccccc1-c1ccccn1. The van der Waals surface area contributed by atoms with Gasteiger partial charge in [-0.05, 0) is 63.9 Å². The summed E-state index contributed by atoms with van der Waals surface area (Å²) < 4.78 is 4.52. The number of para-hydroxylation sites is 1. The topological polar surface area (TPSA) is 21.7 Å². The Labute approximate surface area is 300 Å². The first kappa shape index (κ1) is 34.0. The first-order chi connectivity index (χ1) is 22.4. The molecule has 1 aliphatic heterocycles. The van der Waals surface area contributed by atoms with Crippen LogP contribution in [-0.2, 0) is 36.4 Å². The van der Waals surface area contributed by atoms with Crippen LogP contribution in [0.5, 0.6) is 0 Å². The van der Waals surface area contributed by atoms with Gasteiger partial charge in [0.05, 0.1) is 16.7 Å². The van der Waals surface area contributed by atoms with Crippen LogP contribution >= 0.6 is 0 Å². The van der Waals surface area contributed by atoms with Gasteiger partial charge >= 0.3 is 20.1 Å². The molecule has 2 aliphatic rings.